The Hall–Kier alpha value is -0.960. The highest BCUT2D eigenvalue weighted by molar-refractivity contribution is 5.36. The molecule has 1 nitrogen and oxygen atoms in total. The number of fused-ring (bicyclic) bond motifs is 1. The van der Waals surface area contributed by atoms with Gasteiger partial charge in [-0.1, -0.05) is 0 Å². The number of rotatable bonds is 0. The summed E-state index contributed by atoms with van der Waals surface area (Å²) in [7, 11) is 0. The number of benzene rings is 1. The van der Waals surface area contributed by atoms with Gasteiger partial charge in [0.15, 0.2) is 0 Å². The molecule has 1 aliphatic heterocycles. The molecular formula is C9H9F2N. The first kappa shape index (κ1) is 7.68. The summed E-state index contributed by atoms with van der Waals surface area (Å²) >= 11 is 0. The van der Waals surface area contributed by atoms with Crippen molar-refractivity contribution < 1.29 is 8.78 Å². The first-order valence-corrected chi connectivity index (χ1v) is 3.87. The van der Waals surface area contributed by atoms with Gasteiger partial charge in [-0.25, -0.2) is 8.78 Å². The molecule has 0 atom stereocenters. The Morgan fingerprint density at radius 1 is 1.33 bits per heavy atom. The quantitative estimate of drug-likeness (QED) is 0.625. The van der Waals surface area contributed by atoms with E-state index in [1.807, 2.05) is 0 Å². The Morgan fingerprint density at radius 2 is 2.08 bits per heavy atom. The van der Waals surface area contributed by atoms with Crippen molar-refractivity contribution >= 4 is 0 Å². The highest BCUT2D eigenvalue weighted by Crippen LogP contribution is 2.23. The molecule has 1 aliphatic rings. The largest absolute Gasteiger partial charge is 0.308 e. The molecule has 0 saturated carbocycles. The number of nitrogens with one attached hydrogen (secondary N) is 1. The van der Waals surface area contributed by atoms with Crippen molar-refractivity contribution in [1.82, 2.24) is 5.32 Å². The lowest BCUT2D eigenvalue weighted by molar-refractivity contribution is 0.558. The molecule has 1 heterocycles. The zero-order chi connectivity index (χ0) is 8.72. The molecule has 0 amide bonds. The van der Waals surface area contributed by atoms with E-state index in [4.69, 9.17) is 0 Å². The highest BCUT2D eigenvalue weighted by Gasteiger charge is 2.18. The van der Waals surface area contributed by atoms with Crippen LogP contribution in [-0.2, 0) is 13.1 Å². The van der Waals surface area contributed by atoms with Crippen LogP contribution in [0.4, 0.5) is 8.78 Å². The van der Waals surface area contributed by atoms with Crippen molar-refractivity contribution in [3.05, 3.63) is 34.4 Å². The van der Waals surface area contributed by atoms with Crippen molar-refractivity contribution in [3.8, 4) is 0 Å². The second-order valence-electron chi connectivity index (χ2n) is 3.04. The first-order valence-electron chi connectivity index (χ1n) is 3.87. The standard InChI is InChI=1S/C9H9F2N/c1-5-8(10)2-6-3-12-4-7(6)9(5)11/h2,12H,3-4H2,1H3. The fraction of sp³-hybridized carbons (Fsp3) is 0.333. The van der Waals surface area contributed by atoms with Crippen LogP contribution in [0.3, 0.4) is 0 Å². The van der Waals surface area contributed by atoms with Crippen molar-refractivity contribution in [2.75, 3.05) is 0 Å². The SMILES string of the molecule is Cc1c(F)cc2c(c1F)CNC2. The molecule has 0 spiro atoms. The summed E-state index contributed by atoms with van der Waals surface area (Å²) < 4.78 is 26.3. The normalized spacial score (nSPS) is 14.9. The fourth-order valence-corrected chi connectivity index (χ4v) is 1.49. The maximum absolute atomic E-state index is 13.3. The Kier molecular flexibility index (Phi) is 1.61. The Morgan fingerprint density at radius 3 is 2.83 bits per heavy atom. The summed E-state index contributed by atoms with van der Waals surface area (Å²) in [5.41, 5.74) is 1.49. The van der Waals surface area contributed by atoms with Gasteiger partial charge in [-0.15, -0.1) is 0 Å². The average molecular weight is 169 g/mol. The molecule has 3 heteroatoms. The third-order valence-corrected chi connectivity index (χ3v) is 2.26. The third kappa shape index (κ3) is 0.932. The van der Waals surface area contributed by atoms with Crippen molar-refractivity contribution in [2.45, 2.75) is 20.0 Å². The molecule has 0 aromatic heterocycles. The van der Waals surface area contributed by atoms with Crippen molar-refractivity contribution in [3.63, 3.8) is 0 Å². The van der Waals surface area contributed by atoms with E-state index in [0.29, 0.717) is 18.7 Å². The molecule has 0 bridgehead atoms. The minimum absolute atomic E-state index is 0.123. The molecule has 64 valence electrons. The maximum Gasteiger partial charge on any atom is 0.133 e. The van der Waals surface area contributed by atoms with E-state index in [2.05, 4.69) is 5.32 Å². The van der Waals surface area contributed by atoms with Gasteiger partial charge in [-0.3, -0.25) is 0 Å². The van der Waals surface area contributed by atoms with Crippen LogP contribution in [0.15, 0.2) is 6.07 Å². The molecule has 0 unspecified atom stereocenters. The van der Waals surface area contributed by atoms with Crippen LogP contribution in [0.2, 0.25) is 0 Å². The number of hydrogen-bond donors (Lipinski definition) is 1. The van der Waals surface area contributed by atoms with E-state index < -0.39 is 11.6 Å². The molecule has 1 aromatic carbocycles. The van der Waals surface area contributed by atoms with E-state index in [0.717, 1.165) is 5.56 Å². The van der Waals surface area contributed by atoms with Crippen LogP contribution >= 0.6 is 0 Å². The summed E-state index contributed by atoms with van der Waals surface area (Å²) in [6.07, 6.45) is 0. The average Bonchev–Trinajstić information content (AvgIpc) is 2.48. The number of hydrogen-bond acceptors (Lipinski definition) is 1. The van der Waals surface area contributed by atoms with Gasteiger partial charge < -0.3 is 5.32 Å². The van der Waals surface area contributed by atoms with Gasteiger partial charge >= 0.3 is 0 Å². The summed E-state index contributed by atoms with van der Waals surface area (Å²) in [5, 5.41) is 2.98. The van der Waals surface area contributed by atoms with Gasteiger partial charge in [-0.05, 0) is 18.6 Å². The smallest absolute Gasteiger partial charge is 0.133 e. The lowest BCUT2D eigenvalue weighted by Gasteiger charge is -2.03. The zero-order valence-electron chi connectivity index (χ0n) is 6.75. The molecule has 12 heavy (non-hydrogen) atoms. The van der Waals surface area contributed by atoms with Gasteiger partial charge in [0, 0.05) is 24.2 Å². The Bertz CT molecular complexity index is 334. The van der Waals surface area contributed by atoms with E-state index in [9.17, 15) is 8.78 Å². The van der Waals surface area contributed by atoms with Gasteiger partial charge in [0.2, 0.25) is 0 Å². The van der Waals surface area contributed by atoms with Gasteiger partial charge in [0.05, 0.1) is 0 Å². The Balaban J connectivity index is 2.67. The van der Waals surface area contributed by atoms with Crippen molar-refractivity contribution in [1.29, 1.82) is 0 Å². The highest BCUT2D eigenvalue weighted by atomic mass is 19.1. The lowest BCUT2D eigenvalue weighted by atomic mass is 10.1. The summed E-state index contributed by atoms with van der Waals surface area (Å²) in [5.74, 6) is -0.843. The molecular weight excluding hydrogens is 160 g/mol. The van der Waals surface area contributed by atoms with Crippen LogP contribution in [0.25, 0.3) is 0 Å². The molecule has 2 rings (SSSR count). The number of halogens is 2. The topological polar surface area (TPSA) is 12.0 Å². The van der Waals surface area contributed by atoms with E-state index >= 15 is 0 Å². The van der Waals surface area contributed by atoms with Crippen LogP contribution in [0, 0.1) is 18.6 Å². The predicted molar refractivity (Wildman–Crippen MR) is 41.6 cm³/mol. The molecule has 0 radical (unpaired) electrons. The molecule has 0 aliphatic carbocycles. The monoisotopic (exact) mass is 169 g/mol. The van der Waals surface area contributed by atoms with Crippen LogP contribution in [-0.4, -0.2) is 0 Å². The molecule has 1 N–H and O–H groups in total. The van der Waals surface area contributed by atoms with Gasteiger partial charge in [0.1, 0.15) is 11.6 Å². The van der Waals surface area contributed by atoms with Crippen LogP contribution in [0.1, 0.15) is 16.7 Å². The van der Waals surface area contributed by atoms with Crippen LogP contribution in [0.5, 0.6) is 0 Å². The van der Waals surface area contributed by atoms with E-state index in [1.54, 1.807) is 0 Å². The summed E-state index contributed by atoms with van der Waals surface area (Å²) in [6, 6.07) is 1.41. The van der Waals surface area contributed by atoms with Gasteiger partial charge in [0.25, 0.3) is 0 Å². The van der Waals surface area contributed by atoms with E-state index in [-0.39, 0.29) is 5.56 Å². The minimum Gasteiger partial charge on any atom is -0.308 e. The summed E-state index contributed by atoms with van der Waals surface area (Å²) in [6.45, 7) is 2.55. The Labute approximate surface area is 69.4 Å². The lowest BCUT2D eigenvalue weighted by Crippen LogP contribution is -2.00. The summed E-state index contributed by atoms with van der Waals surface area (Å²) in [4.78, 5) is 0. The molecule has 1 aromatic rings. The van der Waals surface area contributed by atoms with E-state index in [1.165, 1.54) is 13.0 Å². The third-order valence-electron chi connectivity index (χ3n) is 2.26. The first-order chi connectivity index (χ1) is 5.70. The maximum atomic E-state index is 13.3. The van der Waals surface area contributed by atoms with Crippen molar-refractivity contribution in [2.24, 2.45) is 0 Å². The van der Waals surface area contributed by atoms with Crippen LogP contribution < -0.4 is 5.32 Å². The van der Waals surface area contributed by atoms with Gasteiger partial charge in [-0.2, -0.15) is 0 Å². The fourth-order valence-electron chi connectivity index (χ4n) is 1.49. The molecule has 0 fully saturated rings. The predicted octanol–water partition coefficient (Wildman–Crippen LogP) is 1.88. The second kappa shape index (κ2) is 2.52. The molecule has 0 saturated heterocycles. The minimum atomic E-state index is -0.449. The zero-order valence-corrected chi connectivity index (χ0v) is 6.75. The second-order valence-corrected chi connectivity index (χ2v) is 3.04.